The van der Waals surface area contributed by atoms with Crippen molar-refractivity contribution in [3.8, 4) is 0 Å². The van der Waals surface area contributed by atoms with E-state index in [4.69, 9.17) is 17.3 Å². The first kappa shape index (κ1) is 11.5. The standard InChI is InChI=1S/C10H14ClNOS/c1-6(2)10(3,9(12)13)8-4-7(11)5-14-8/h4-6H,1-3H3,(H2,12,13). The highest BCUT2D eigenvalue weighted by Gasteiger charge is 2.37. The van der Waals surface area contributed by atoms with Crippen LogP contribution in [0.5, 0.6) is 0 Å². The third kappa shape index (κ3) is 1.79. The van der Waals surface area contributed by atoms with E-state index in [0.717, 1.165) is 4.88 Å². The van der Waals surface area contributed by atoms with Gasteiger partial charge in [-0.15, -0.1) is 11.3 Å². The summed E-state index contributed by atoms with van der Waals surface area (Å²) >= 11 is 7.31. The molecule has 0 saturated carbocycles. The molecule has 1 amide bonds. The van der Waals surface area contributed by atoms with Crippen molar-refractivity contribution in [2.75, 3.05) is 0 Å². The Balaban J connectivity index is 3.19. The molecule has 14 heavy (non-hydrogen) atoms. The average molecular weight is 232 g/mol. The van der Waals surface area contributed by atoms with Gasteiger partial charge in [-0.2, -0.15) is 0 Å². The van der Waals surface area contributed by atoms with E-state index in [1.165, 1.54) is 11.3 Å². The van der Waals surface area contributed by atoms with Crippen molar-refractivity contribution in [3.05, 3.63) is 21.3 Å². The lowest BCUT2D eigenvalue weighted by atomic mass is 9.77. The highest BCUT2D eigenvalue weighted by atomic mass is 35.5. The zero-order valence-corrected chi connectivity index (χ0v) is 10.1. The zero-order valence-electron chi connectivity index (χ0n) is 8.50. The van der Waals surface area contributed by atoms with E-state index < -0.39 is 5.41 Å². The van der Waals surface area contributed by atoms with Gasteiger partial charge in [-0.1, -0.05) is 25.4 Å². The Bertz CT molecular complexity index is 348. The Morgan fingerprint density at radius 1 is 1.64 bits per heavy atom. The summed E-state index contributed by atoms with van der Waals surface area (Å²) in [5.41, 5.74) is 4.82. The van der Waals surface area contributed by atoms with Gasteiger partial charge in [-0.3, -0.25) is 4.79 Å². The Hall–Kier alpha value is -0.540. The predicted molar refractivity (Wildman–Crippen MR) is 60.7 cm³/mol. The number of hydrogen-bond acceptors (Lipinski definition) is 2. The second-order valence-electron chi connectivity index (χ2n) is 3.85. The lowest BCUT2D eigenvalue weighted by Crippen LogP contribution is -2.42. The molecule has 1 unspecified atom stereocenters. The maximum atomic E-state index is 11.5. The summed E-state index contributed by atoms with van der Waals surface area (Å²) < 4.78 is 0. The van der Waals surface area contributed by atoms with Crippen LogP contribution in [-0.2, 0) is 10.2 Å². The highest BCUT2D eigenvalue weighted by molar-refractivity contribution is 7.10. The number of primary amides is 1. The average Bonchev–Trinajstić information content (AvgIpc) is 2.49. The van der Waals surface area contributed by atoms with Gasteiger partial charge in [0.15, 0.2) is 0 Å². The normalized spacial score (nSPS) is 15.5. The predicted octanol–water partition coefficient (Wildman–Crippen LogP) is 2.80. The lowest BCUT2D eigenvalue weighted by molar-refractivity contribution is -0.124. The van der Waals surface area contributed by atoms with E-state index in [9.17, 15) is 4.79 Å². The second-order valence-corrected chi connectivity index (χ2v) is 5.20. The number of amides is 1. The SMILES string of the molecule is CC(C)C(C)(C(N)=O)c1cc(Cl)cs1. The molecule has 1 heterocycles. The molecular weight excluding hydrogens is 218 g/mol. The Kier molecular flexibility index (Phi) is 3.22. The van der Waals surface area contributed by atoms with Crippen molar-refractivity contribution in [2.24, 2.45) is 11.7 Å². The molecule has 0 aliphatic carbocycles. The summed E-state index contributed by atoms with van der Waals surface area (Å²) in [5, 5.41) is 2.48. The van der Waals surface area contributed by atoms with Gasteiger partial charge in [0.2, 0.25) is 5.91 Å². The molecule has 1 aromatic rings. The van der Waals surface area contributed by atoms with E-state index in [-0.39, 0.29) is 11.8 Å². The molecule has 1 aromatic heterocycles. The monoisotopic (exact) mass is 231 g/mol. The van der Waals surface area contributed by atoms with Gasteiger partial charge in [-0.25, -0.2) is 0 Å². The molecule has 0 radical (unpaired) electrons. The van der Waals surface area contributed by atoms with Crippen LogP contribution in [-0.4, -0.2) is 5.91 Å². The lowest BCUT2D eigenvalue weighted by Gasteiger charge is -2.28. The topological polar surface area (TPSA) is 43.1 Å². The molecule has 0 spiro atoms. The van der Waals surface area contributed by atoms with Crippen LogP contribution < -0.4 is 5.73 Å². The Morgan fingerprint density at radius 3 is 2.50 bits per heavy atom. The van der Waals surface area contributed by atoms with Crippen molar-refractivity contribution in [1.82, 2.24) is 0 Å². The zero-order chi connectivity index (χ0) is 10.9. The summed E-state index contributed by atoms with van der Waals surface area (Å²) in [6.45, 7) is 5.83. The molecule has 1 rings (SSSR count). The molecule has 0 fully saturated rings. The highest BCUT2D eigenvalue weighted by Crippen LogP contribution is 2.36. The van der Waals surface area contributed by atoms with Gasteiger partial charge in [0.1, 0.15) is 0 Å². The minimum absolute atomic E-state index is 0.162. The third-order valence-electron chi connectivity index (χ3n) is 2.75. The van der Waals surface area contributed by atoms with Crippen LogP contribution in [0.3, 0.4) is 0 Å². The number of carbonyl (C=O) groups is 1. The minimum atomic E-state index is -0.613. The van der Waals surface area contributed by atoms with Crippen LogP contribution in [0.25, 0.3) is 0 Å². The second kappa shape index (κ2) is 3.91. The van der Waals surface area contributed by atoms with Crippen LogP contribution in [0.4, 0.5) is 0 Å². The van der Waals surface area contributed by atoms with Crippen molar-refractivity contribution in [3.63, 3.8) is 0 Å². The first-order chi connectivity index (χ1) is 6.39. The van der Waals surface area contributed by atoms with Gasteiger partial charge >= 0.3 is 0 Å². The molecule has 0 aliphatic heterocycles. The number of thiophene rings is 1. The van der Waals surface area contributed by atoms with Crippen LogP contribution >= 0.6 is 22.9 Å². The summed E-state index contributed by atoms with van der Waals surface area (Å²) in [7, 11) is 0. The quantitative estimate of drug-likeness (QED) is 0.854. The van der Waals surface area contributed by atoms with Gasteiger partial charge in [0.05, 0.1) is 10.4 Å². The fourth-order valence-corrected chi connectivity index (χ4v) is 2.67. The van der Waals surface area contributed by atoms with Crippen molar-refractivity contribution in [2.45, 2.75) is 26.2 Å². The van der Waals surface area contributed by atoms with Gasteiger partial charge in [0.25, 0.3) is 0 Å². The summed E-state index contributed by atoms with van der Waals surface area (Å²) in [4.78, 5) is 12.4. The fourth-order valence-electron chi connectivity index (χ4n) is 1.28. The Labute approximate surface area is 93.1 Å². The number of halogens is 1. The first-order valence-electron chi connectivity index (χ1n) is 4.43. The molecule has 0 aromatic carbocycles. The van der Waals surface area contributed by atoms with Crippen molar-refractivity contribution in [1.29, 1.82) is 0 Å². The number of hydrogen-bond donors (Lipinski definition) is 1. The van der Waals surface area contributed by atoms with E-state index in [2.05, 4.69) is 0 Å². The van der Waals surface area contributed by atoms with E-state index >= 15 is 0 Å². The smallest absolute Gasteiger partial charge is 0.228 e. The molecule has 2 N–H and O–H groups in total. The van der Waals surface area contributed by atoms with Gasteiger partial charge in [-0.05, 0) is 18.9 Å². The molecule has 1 atom stereocenters. The molecule has 4 heteroatoms. The molecule has 78 valence electrons. The Morgan fingerprint density at radius 2 is 2.21 bits per heavy atom. The summed E-state index contributed by atoms with van der Waals surface area (Å²) in [5.74, 6) is -0.138. The van der Waals surface area contributed by atoms with Crippen molar-refractivity contribution < 1.29 is 4.79 Å². The first-order valence-corrected chi connectivity index (χ1v) is 5.69. The summed E-state index contributed by atoms with van der Waals surface area (Å²) in [6, 6.07) is 1.82. The van der Waals surface area contributed by atoms with E-state index in [0.29, 0.717) is 5.02 Å². The number of rotatable bonds is 3. The van der Waals surface area contributed by atoms with Gasteiger partial charge in [0, 0.05) is 10.3 Å². The fraction of sp³-hybridized carbons (Fsp3) is 0.500. The van der Waals surface area contributed by atoms with Crippen molar-refractivity contribution >= 4 is 28.8 Å². The third-order valence-corrected chi connectivity index (χ3v) is 4.26. The molecule has 2 nitrogen and oxygen atoms in total. The number of nitrogens with two attached hydrogens (primary N) is 1. The molecule has 0 saturated heterocycles. The maximum absolute atomic E-state index is 11.5. The molecule has 0 aliphatic rings. The summed E-state index contributed by atoms with van der Waals surface area (Å²) in [6.07, 6.45) is 0. The van der Waals surface area contributed by atoms with Crippen LogP contribution in [0.1, 0.15) is 25.6 Å². The van der Waals surface area contributed by atoms with Crippen LogP contribution in [0.15, 0.2) is 11.4 Å². The van der Waals surface area contributed by atoms with E-state index in [1.54, 1.807) is 0 Å². The van der Waals surface area contributed by atoms with Crippen LogP contribution in [0.2, 0.25) is 5.02 Å². The van der Waals surface area contributed by atoms with Gasteiger partial charge < -0.3 is 5.73 Å². The van der Waals surface area contributed by atoms with Crippen LogP contribution in [0, 0.1) is 5.92 Å². The molecule has 0 bridgehead atoms. The largest absolute Gasteiger partial charge is 0.369 e. The van der Waals surface area contributed by atoms with E-state index in [1.807, 2.05) is 32.2 Å². The maximum Gasteiger partial charge on any atom is 0.228 e. The minimum Gasteiger partial charge on any atom is -0.369 e. The number of carbonyl (C=O) groups excluding carboxylic acids is 1. The molecular formula is C10H14ClNOS.